The molecule has 0 aliphatic carbocycles. The van der Waals surface area contributed by atoms with Gasteiger partial charge in [-0.3, -0.25) is 0 Å². The molecule has 2 aromatic rings. The summed E-state index contributed by atoms with van der Waals surface area (Å²) >= 11 is 9.65. The number of methoxy groups -OCH3 is 1. The van der Waals surface area contributed by atoms with Crippen molar-refractivity contribution in [3.63, 3.8) is 0 Å². The van der Waals surface area contributed by atoms with Gasteiger partial charge in [-0.1, -0.05) is 33.6 Å². The Balaban J connectivity index is 2.13. The fraction of sp³-hybridized carbons (Fsp3) is 0.250. The van der Waals surface area contributed by atoms with E-state index >= 15 is 0 Å². The van der Waals surface area contributed by atoms with Crippen LogP contribution in [0.2, 0.25) is 5.02 Å². The van der Waals surface area contributed by atoms with Crippen LogP contribution in [0, 0.1) is 0 Å². The van der Waals surface area contributed by atoms with Crippen LogP contribution in [0.3, 0.4) is 0 Å². The third-order valence-corrected chi connectivity index (χ3v) is 4.14. The number of rotatable bonds is 5. The van der Waals surface area contributed by atoms with Crippen molar-refractivity contribution in [3.8, 4) is 11.5 Å². The van der Waals surface area contributed by atoms with Crippen LogP contribution in [-0.4, -0.2) is 12.2 Å². The second-order valence-corrected chi connectivity index (χ2v) is 5.87. The number of halogens is 2. The van der Waals surface area contributed by atoms with Gasteiger partial charge in [-0.15, -0.1) is 0 Å². The molecule has 0 unspecified atom stereocenters. The molecule has 3 nitrogen and oxygen atoms in total. The lowest BCUT2D eigenvalue weighted by atomic mass is 10.1. The van der Waals surface area contributed by atoms with Gasteiger partial charge in [0.15, 0.2) is 0 Å². The molecular weight excluding hydrogens is 356 g/mol. The first-order chi connectivity index (χ1) is 10.0. The third-order valence-electron chi connectivity index (χ3n) is 3.07. The van der Waals surface area contributed by atoms with E-state index in [1.165, 1.54) is 0 Å². The molecular formula is C16H16BrClO3. The predicted octanol–water partition coefficient (Wildman–Crippen LogP) is 4.74. The Hall–Kier alpha value is -1.23. The molecule has 112 valence electrons. The minimum Gasteiger partial charge on any atom is -0.497 e. The van der Waals surface area contributed by atoms with Crippen molar-refractivity contribution in [1.29, 1.82) is 0 Å². The Bertz CT molecular complexity index is 629. The molecule has 2 aromatic carbocycles. The van der Waals surface area contributed by atoms with Crippen LogP contribution < -0.4 is 9.47 Å². The molecule has 21 heavy (non-hydrogen) atoms. The molecule has 0 saturated heterocycles. The average Bonchev–Trinajstić information content (AvgIpc) is 2.47. The first-order valence-electron chi connectivity index (χ1n) is 6.44. The van der Waals surface area contributed by atoms with E-state index < -0.39 is 6.10 Å². The van der Waals surface area contributed by atoms with Crippen molar-refractivity contribution in [1.82, 2.24) is 0 Å². The molecule has 5 heteroatoms. The minimum atomic E-state index is -0.552. The molecule has 1 N–H and O–H groups in total. The topological polar surface area (TPSA) is 38.7 Å². The van der Waals surface area contributed by atoms with Crippen molar-refractivity contribution in [3.05, 3.63) is 57.0 Å². The summed E-state index contributed by atoms with van der Waals surface area (Å²) in [5, 5.41) is 10.0. The lowest BCUT2D eigenvalue weighted by Gasteiger charge is -2.12. The maximum absolute atomic E-state index is 9.52. The summed E-state index contributed by atoms with van der Waals surface area (Å²) in [4.78, 5) is 0. The van der Waals surface area contributed by atoms with Gasteiger partial charge in [0.1, 0.15) is 18.1 Å². The highest BCUT2D eigenvalue weighted by molar-refractivity contribution is 9.10. The van der Waals surface area contributed by atoms with Gasteiger partial charge >= 0.3 is 0 Å². The maximum atomic E-state index is 9.52. The summed E-state index contributed by atoms with van der Waals surface area (Å²) in [7, 11) is 1.62. The number of hydrogen-bond donors (Lipinski definition) is 1. The van der Waals surface area contributed by atoms with E-state index in [0.717, 1.165) is 21.3 Å². The standard InChI is InChI=1S/C16H16BrClO3/c1-10(19)11-3-6-16(15(18)8-11)21-9-12-7-13(20-2)4-5-14(12)17/h3-8,10,19H,9H2,1-2H3/t10-/m1/s1. The number of ether oxygens (including phenoxy) is 2. The zero-order valence-corrected chi connectivity index (χ0v) is 14.1. The van der Waals surface area contributed by atoms with Crippen molar-refractivity contribution < 1.29 is 14.6 Å². The Morgan fingerprint density at radius 3 is 2.62 bits per heavy atom. The molecule has 0 fully saturated rings. The van der Waals surface area contributed by atoms with Gasteiger partial charge in [0, 0.05) is 10.0 Å². The van der Waals surface area contributed by atoms with Gasteiger partial charge in [-0.2, -0.15) is 0 Å². The SMILES string of the molecule is COc1ccc(Br)c(COc2ccc([C@@H](C)O)cc2Cl)c1. The van der Waals surface area contributed by atoms with E-state index in [2.05, 4.69) is 15.9 Å². The highest BCUT2D eigenvalue weighted by atomic mass is 79.9. The van der Waals surface area contributed by atoms with Gasteiger partial charge in [-0.05, 0) is 42.8 Å². The molecule has 0 aliphatic heterocycles. The predicted molar refractivity (Wildman–Crippen MR) is 87.1 cm³/mol. The van der Waals surface area contributed by atoms with E-state index in [0.29, 0.717) is 17.4 Å². The van der Waals surface area contributed by atoms with Crippen LogP contribution in [0.5, 0.6) is 11.5 Å². The fourth-order valence-electron chi connectivity index (χ4n) is 1.84. The average molecular weight is 372 g/mol. The van der Waals surface area contributed by atoms with Gasteiger partial charge in [0.05, 0.1) is 18.2 Å². The second-order valence-electron chi connectivity index (χ2n) is 4.61. The highest BCUT2D eigenvalue weighted by Gasteiger charge is 2.08. The van der Waals surface area contributed by atoms with Gasteiger partial charge < -0.3 is 14.6 Å². The van der Waals surface area contributed by atoms with E-state index in [1.807, 2.05) is 18.2 Å². The van der Waals surface area contributed by atoms with Crippen LogP contribution in [0.4, 0.5) is 0 Å². The first kappa shape index (κ1) is 16.1. The summed E-state index contributed by atoms with van der Waals surface area (Å²) in [5.41, 5.74) is 1.72. The minimum absolute atomic E-state index is 0.367. The molecule has 0 saturated carbocycles. The molecule has 0 spiro atoms. The van der Waals surface area contributed by atoms with E-state index in [4.69, 9.17) is 21.1 Å². The summed E-state index contributed by atoms with van der Waals surface area (Å²) in [6.45, 7) is 2.06. The van der Waals surface area contributed by atoms with Crippen LogP contribution in [-0.2, 0) is 6.61 Å². The highest BCUT2D eigenvalue weighted by Crippen LogP contribution is 2.30. The number of benzene rings is 2. The molecule has 0 aliphatic rings. The van der Waals surface area contributed by atoms with E-state index in [9.17, 15) is 5.11 Å². The van der Waals surface area contributed by atoms with Crippen molar-refractivity contribution >= 4 is 27.5 Å². The maximum Gasteiger partial charge on any atom is 0.138 e. The van der Waals surface area contributed by atoms with E-state index in [-0.39, 0.29) is 0 Å². The molecule has 0 radical (unpaired) electrons. The zero-order valence-electron chi connectivity index (χ0n) is 11.8. The summed E-state index contributed by atoms with van der Waals surface area (Å²) in [6.07, 6.45) is -0.552. The lowest BCUT2D eigenvalue weighted by molar-refractivity contribution is 0.199. The summed E-state index contributed by atoms with van der Waals surface area (Å²) in [6, 6.07) is 11.0. The Kier molecular flexibility index (Phi) is 5.51. The van der Waals surface area contributed by atoms with Crippen molar-refractivity contribution in [2.75, 3.05) is 7.11 Å². The zero-order chi connectivity index (χ0) is 15.4. The Morgan fingerprint density at radius 2 is 2.00 bits per heavy atom. The molecule has 0 bridgehead atoms. The summed E-state index contributed by atoms with van der Waals surface area (Å²) in [5.74, 6) is 1.35. The molecule has 1 atom stereocenters. The number of hydrogen-bond acceptors (Lipinski definition) is 3. The monoisotopic (exact) mass is 370 g/mol. The van der Waals surface area contributed by atoms with Crippen LogP contribution in [0.1, 0.15) is 24.2 Å². The molecule has 0 amide bonds. The van der Waals surface area contributed by atoms with Crippen LogP contribution >= 0.6 is 27.5 Å². The normalized spacial score (nSPS) is 12.0. The third kappa shape index (κ3) is 4.13. The molecule has 2 rings (SSSR count). The van der Waals surface area contributed by atoms with Crippen molar-refractivity contribution in [2.24, 2.45) is 0 Å². The second kappa shape index (κ2) is 7.16. The van der Waals surface area contributed by atoms with Gasteiger partial charge in [0.25, 0.3) is 0 Å². The van der Waals surface area contributed by atoms with Gasteiger partial charge in [0.2, 0.25) is 0 Å². The quantitative estimate of drug-likeness (QED) is 0.825. The number of aliphatic hydroxyl groups excluding tert-OH is 1. The lowest BCUT2D eigenvalue weighted by Crippen LogP contribution is -1.99. The first-order valence-corrected chi connectivity index (χ1v) is 7.61. The Labute approximate surface area is 137 Å². The van der Waals surface area contributed by atoms with Gasteiger partial charge in [-0.25, -0.2) is 0 Å². The number of aliphatic hydroxyl groups is 1. The van der Waals surface area contributed by atoms with E-state index in [1.54, 1.807) is 32.2 Å². The smallest absolute Gasteiger partial charge is 0.138 e. The fourth-order valence-corrected chi connectivity index (χ4v) is 2.44. The largest absolute Gasteiger partial charge is 0.497 e. The molecule has 0 aromatic heterocycles. The van der Waals surface area contributed by atoms with Crippen molar-refractivity contribution in [2.45, 2.75) is 19.6 Å². The summed E-state index contributed by atoms with van der Waals surface area (Å²) < 4.78 is 11.9. The Morgan fingerprint density at radius 1 is 1.24 bits per heavy atom. The molecule has 0 heterocycles. The van der Waals surface area contributed by atoms with Crippen LogP contribution in [0.25, 0.3) is 0 Å². The van der Waals surface area contributed by atoms with Crippen LogP contribution in [0.15, 0.2) is 40.9 Å².